The van der Waals surface area contributed by atoms with Gasteiger partial charge in [0.15, 0.2) is 0 Å². The zero-order chi connectivity index (χ0) is 29.0. The summed E-state index contributed by atoms with van der Waals surface area (Å²) in [4.78, 5) is 29.0. The summed E-state index contributed by atoms with van der Waals surface area (Å²) in [6.07, 6.45) is 0. The minimum absolute atomic E-state index is 0.110. The summed E-state index contributed by atoms with van der Waals surface area (Å²) >= 11 is 0. The standard InChI is InChI=1S/C32H39N4O4/c1-7-33(8-2)22-13-17-26-29(20-22)40-30-21-23(34(9-3)10-4)14-18-27(30)31(26)25-16-15-24(36(38)39)19-28(25)32(37)35(11-5)12-6/h13-21H,7-12H2,1-6H3/q+1. The first-order chi connectivity index (χ1) is 19.3. The summed E-state index contributed by atoms with van der Waals surface area (Å²) < 4.78 is 8.82. The highest BCUT2D eigenvalue weighted by Gasteiger charge is 2.26. The highest BCUT2D eigenvalue weighted by molar-refractivity contribution is 6.09. The van der Waals surface area contributed by atoms with E-state index in [4.69, 9.17) is 4.42 Å². The molecule has 0 spiro atoms. The maximum absolute atomic E-state index is 13.8. The van der Waals surface area contributed by atoms with Crippen LogP contribution in [0.4, 0.5) is 11.4 Å². The zero-order valence-electron chi connectivity index (χ0n) is 24.4. The lowest BCUT2D eigenvalue weighted by molar-refractivity contribution is -0.384. The van der Waals surface area contributed by atoms with Gasteiger partial charge in [-0.05, 0) is 71.4 Å². The van der Waals surface area contributed by atoms with Gasteiger partial charge in [-0.1, -0.05) is 0 Å². The van der Waals surface area contributed by atoms with E-state index < -0.39 is 4.92 Å². The summed E-state index contributed by atoms with van der Waals surface area (Å²) in [5.74, 6) is 0.466. The third kappa shape index (κ3) is 5.30. The van der Waals surface area contributed by atoms with Gasteiger partial charge in [0.2, 0.25) is 5.36 Å². The number of benzene rings is 3. The fourth-order valence-corrected chi connectivity index (χ4v) is 5.45. The van der Waals surface area contributed by atoms with Gasteiger partial charge >= 0.3 is 0 Å². The van der Waals surface area contributed by atoms with Crippen LogP contribution in [0.5, 0.6) is 0 Å². The highest BCUT2D eigenvalue weighted by atomic mass is 16.6. The second-order valence-electron chi connectivity index (χ2n) is 9.65. The van der Waals surface area contributed by atoms with Crippen molar-refractivity contribution >= 4 is 28.3 Å². The topological polar surface area (TPSA) is 82.8 Å². The molecule has 0 radical (unpaired) electrons. The van der Waals surface area contributed by atoms with E-state index in [1.54, 1.807) is 11.0 Å². The molecule has 8 heteroatoms. The lowest BCUT2D eigenvalue weighted by atomic mass is 9.90. The lowest BCUT2D eigenvalue weighted by Crippen LogP contribution is -2.31. The van der Waals surface area contributed by atoms with E-state index >= 15 is 0 Å². The fourth-order valence-electron chi connectivity index (χ4n) is 5.45. The second-order valence-corrected chi connectivity index (χ2v) is 9.65. The largest absolute Gasteiger partial charge is 0.456 e. The Morgan fingerprint density at radius 1 is 0.825 bits per heavy atom. The van der Waals surface area contributed by atoms with Crippen molar-refractivity contribution in [3.63, 3.8) is 0 Å². The lowest BCUT2D eigenvalue weighted by Gasteiger charge is -2.24. The smallest absolute Gasteiger partial charge is 0.270 e. The van der Waals surface area contributed by atoms with Crippen LogP contribution in [-0.4, -0.2) is 55.0 Å². The molecule has 8 nitrogen and oxygen atoms in total. The van der Waals surface area contributed by atoms with Crippen molar-refractivity contribution in [1.29, 1.82) is 0 Å². The Morgan fingerprint density at radius 3 is 2.10 bits per heavy atom. The van der Waals surface area contributed by atoms with E-state index in [-0.39, 0.29) is 11.6 Å². The Balaban J connectivity index is 2.15. The van der Waals surface area contributed by atoms with E-state index in [0.29, 0.717) is 35.6 Å². The molecule has 0 N–H and O–H groups in total. The predicted molar refractivity (Wildman–Crippen MR) is 162 cm³/mol. The van der Waals surface area contributed by atoms with Crippen LogP contribution in [0.3, 0.4) is 0 Å². The first-order valence-electron chi connectivity index (χ1n) is 14.2. The molecule has 2 aliphatic rings. The monoisotopic (exact) mass is 543 g/mol. The number of nitro benzene ring substituents is 1. The number of anilines is 1. The van der Waals surface area contributed by atoms with Gasteiger partial charge in [-0.15, -0.1) is 0 Å². The van der Waals surface area contributed by atoms with Gasteiger partial charge in [0.25, 0.3) is 11.6 Å². The summed E-state index contributed by atoms with van der Waals surface area (Å²) in [6.45, 7) is 16.8. The van der Waals surface area contributed by atoms with Gasteiger partial charge in [-0.2, -0.15) is 0 Å². The minimum Gasteiger partial charge on any atom is -0.456 e. The summed E-state index contributed by atoms with van der Waals surface area (Å²) in [7, 11) is 0. The minimum atomic E-state index is -0.452. The molecular weight excluding hydrogens is 504 g/mol. The Bertz CT molecular complexity index is 1580. The molecular formula is C32H39N4O4+. The molecule has 2 aromatic carbocycles. The molecule has 0 saturated carbocycles. The molecule has 0 aromatic heterocycles. The van der Waals surface area contributed by atoms with Crippen LogP contribution in [0.1, 0.15) is 51.9 Å². The van der Waals surface area contributed by atoms with Crippen molar-refractivity contribution in [3.8, 4) is 22.5 Å². The summed E-state index contributed by atoms with van der Waals surface area (Å²) in [5.41, 5.74) is 4.28. The van der Waals surface area contributed by atoms with Gasteiger partial charge in [-0.3, -0.25) is 14.9 Å². The van der Waals surface area contributed by atoms with Gasteiger partial charge in [-0.25, -0.2) is 4.58 Å². The molecule has 0 fully saturated rings. The Labute approximate surface area is 235 Å². The van der Waals surface area contributed by atoms with Crippen molar-refractivity contribution in [2.24, 2.45) is 0 Å². The Morgan fingerprint density at radius 2 is 1.50 bits per heavy atom. The van der Waals surface area contributed by atoms with E-state index in [1.165, 1.54) is 12.1 Å². The average Bonchev–Trinajstić information content (AvgIpc) is 2.97. The number of nitrogens with zero attached hydrogens (tertiary/aromatic N) is 4. The van der Waals surface area contributed by atoms with Gasteiger partial charge in [0.05, 0.1) is 16.6 Å². The molecule has 0 bridgehead atoms. The third-order valence-electron chi connectivity index (χ3n) is 7.71. The molecule has 0 saturated heterocycles. The molecule has 1 amide bonds. The van der Waals surface area contributed by atoms with Gasteiger partial charge < -0.3 is 14.2 Å². The van der Waals surface area contributed by atoms with Crippen LogP contribution in [0.2, 0.25) is 0 Å². The number of fused-ring (bicyclic) bond motifs is 2. The van der Waals surface area contributed by atoms with Crippen LogP contribution in [0.25, 0.3) is 33.4 Å². The number of hydrogen-bond acceptors (Lipinski definition) is 5. The van der Waals surface area contributed by atoms with Crippen LogP contribution in [0.15, 0.2) is 59.0 Å². The first-order valence-corrected chi connectivity index (χ1v) is 14.2. The number of hydrogen-bond donors (Lipinski definition) is 0. The van der Waals surface area contributed by atoms with Crippen molar-refractivity contribution in [3.05, 3.63) is 75.6 Å². The van der Waals surface area contributed by atoms with Crippen LogP contribution in [0, 0.1) is 10.1 Å². The highest BCUT2D eigenvalue weighted by Crippen LogP contribution is 2.43. The molecule has 1 aliphatic carbocycles. The van der Waals surface area contributed by atoms with E-state index in [2.05, 4.69) is 49.3 Å². The number of amides is 1. The van der Waals surface area contributed by atoms with E-state index in [0.717, 1.165) is 53.7 Å². The predicted octanol–water partition coefficient (Wildman–Crippen LogP) is 6.25. The molecule has 0 atom stereocenters. The van der Waals surface area contributed by atoms with Gasteiger partial charge in [0.1, 0.15) is 24.4 Å². The maximum atomic E-state index is 13.8. The first kappa shape index (κ1) is 28.8. The zero-order valence-corrected chi connectivity index (χ0v) is 24.4. The normalized spacial score (nSPS) is 11.2. The molecule has 0 unspecified atom stereocenters. The van der Waals surface area contributed by atoms with Crippen LogP contribution < -0.4 is 14.8 Å². The Kier molecular flexibility index (Phi) is 8.87. The van der Waals surface area contributed by atoms with Crippen molar-refractivity contribution in [1.82, 2.24) is 9.48 Å². The molecule has 1 heterocycles. The Hall–Kier alpha value is -4.20. The molecule has 40 heavy (non-hydrogen) atoms. The van der Waals surface area contributed by atoms with Crippen molar-refractivity contribution < 1.29 is 14.1 Å². The molecule has 210 valence electrons. The van der Waals surface area contributed by atoms with E-state index in [9.17, 15) is 14.9 Å². The maximum Gasteiger partial charge on any atom is 0.270 e. The number of nitro groups is 1. The average molecular weight is 544 g/mol. The number of non-ortho nitro benzene ring substituents is 1. The van der Waals surface area contributed by atoms with Crippen LogP contribution >= 0.6 is 0 Å². The van der Waals surface area contributed by atoms with Crippen molar-refractivity contribution in [2.45, 2.75) is 41.5 Å². The quantitative estimate of drug-likeness (QED) is 0.102. The molecule has 4 rings (SSSR count). The third-order valence-corrected chi connectivity index (χ3v) is 7.71. The van der Waals surface area contributed by atoms with Crippen molar-refractivity contribution in [2.75, 3.05) is 44.2 Å². The fraction of sp³-hybridized carbons (Fsp3) is 0.375. The molecule has 2 aromatic rings. The number of rotatable bonds is 10. The summed E-state index contributed by atoms with van der Waals surface area (Å²) in [6, 6.07) is 16.9. The van der Waals surface area contributed by atoms with Crippen LogP contribution in [-0.2, 0) is 0 Å². The van der Waals surface area contributed by atoms with E-state index in [1.807, 2.05) is 38.1 Å². The SMILES string of the molecule is CCN(CC)C(=O)c1cc([N+](=O)[O-])ccc1-c1c2ccc(=[N+](CC)CC)cc-2oc2cc(N(CC)CC)ccc12. The second kappa shape index (κ2) is 12.3. The van der Waals surface area contributed by atoms with Gasteiger partial charge in [0, 0.05) is 72.6 Å². The molecule has 1 aliphatic heterocycles. The summed E-state index contributed by atoms with van der Waals surface area (Å²) in [5, 5.41) is 13.6. The number of carbonyl (C=O) groups excluding carboxylic acids is 1. The number of carbonyl (C=O) groups is 1.